The van der Waals surface area contributed by atoms with Gasteiger partial charge in [-0.05, 0) is 60.5 Å². The van der Waals surface area contributed by atoms with Crippen LogP contribution in [0.4, 0.5) is 11.4 Å². The third kappa shape index (κ3) is 5.73. The van der Waals surface area contributed by atoms with Crippen molar-refractivity contribution in [1.29, 1.82) is 0 Å². The van der Waals surface area contributed by atoms with E-state index >= 15 is 0 Å². The smallest absolute Gasteiger partial charge is 0.258 e. The van der Waals surface area contributed by atoms with Gasteiger partial charge in [-0.15, -0.1) is 0 Å². The summed E-state index contributed by atoms with van der Waals surface area (Å²) >= 11 is 0. The zero-order valence-electron chi connectivity index (χ0n) is 19.3. The van der Waals surface area contributed by atoms with E-state index in [1.807, 2.05) is 97.9 Å². The number of benzene rings is 3. The first-order valence-corrected chi connectivity index (χ1v) is 12.6. The Labute approximate surface area is 191 Å². The van der Waals surface area contributed by atoms with Gasteiger partial charge in [0.2, 0.25) is 0 Å². The predicted octanol–water partition coefficient (Wildman–Crippen LogP) is 6.29. The van der Waals surface area contributed by atoms with Crippen molar-refractivity contribution in [3.05, 3.63) is 84.4 Å². The van der Waals surface area contributed by atoms with Gasteiger partial charge in [0.1, 0.15) is 11.5 Å². The molecule has 3 aromatic rings. The molecule has 1 N–H and O–H groups in total. The van der Waals surface area contributed by atoms with Gasteiger partial charge in [-0.1, -0.05) is 43.7 Å². The molecule has 3 aromatic carbocycles. The number of unbranched alkanes of at least 4 members (excludes halogenated alkanes) is 1. The van der Waals surface area contributed by atoms with Crippen molar-refractivity contribution in [2.75, 3.05) is 38.0 Å². The molecule has 5 nitrogen and oxygen atoms in total. The Morgan fingerprint density at radius 2 is 1.59 bits per heavy atom. The Hall–Kier alpha value is -2.75. The summed E-state index contributed by atoms with van der Waals surface area (Å²) < 4.78 is 26.3. The molecule has 0 aliphatic heterocycles. The Kier molecular flexibility index (Phi) is 8.38. The van der Waals surface area contributed by atoms with Crippen LogP contribution in [0, 0.1) is 0 Å². The summed E-state index contributed by atoms with van der Waals surface area (Å²) in [7, 11) is 2.27. The molecule has 0 radical (unpaired) electrons. The summed E-state index contributed by atoms with van der Waals surface area (Å²) in [6.45, 7) is 2.54. The van der Waals surface area contributed by atoms with Crippen molar-refractivity contribution in [3.8, 4) is 5.75 Å². The lowest BCUT2D eigenvalue weighted by atomic mass is 10.2. The molecule has 0 fully saturated rings. The molecule has 0 unspecified atom stereocenters. The second-order valence-corrected chi connectivity index (χ2v) is 10.4. The first kappa shape index (κ1) is 23.9. The third-order valence-electron chi connectivity index (χ3n) is 5.36. The largest absolute Gasteiger partial charge is 0.497 e. The van der Waals surface area contributed by atoms with Crippen LogP contribution in [0.15, 0.2) is 78.9 Å². The number of ether oxygens (including phenoxy) is 1. The van der Waals surface area contributed by atoms with Gasteiger partial charge >= 0.3 is 0 Å². The van der Waals surface area contributed by atoms with Crippen molar-refractivity contribution in [1.82, 2.24) is 0 Å². The molecule has 0 aromatic heterocycles. The number of nitrogens with zero attached hydrogens (tertiary/aromatic N) is 1. The maximum absolute atomic E-state index is 14.7. The Balaban J connectivity index is 2.09. The highest BCUT2D eigenvalue weighted by Crippen LogP contribution is 2.59. The van der Waals surface area contributed by atoms with Crippen LogP contribution in [0.25, 0.3) is 0 Å². The Morgan fingerprint density at radius 1 is 0.938 bits per heavy atom. The second kappa shape index (κ2) is 11.2. The van der Waals surface area contributed by atoms with Crippen LogP contribution in [0.2, 0.25) is 0 Å². The molecule has 0 aliphatic carbocycles. The highest BCUT2D eigenvalue weighted by molar-refractivity contribution is 7.67. The molecule has 0 aliphatic rings. The second-order valence-electron chi connectivity index (χ2n) is 7.88. The fourth-order valence-electron chi connectivity index (χ4n) is 3.44. The lowest BCUT2D eigenvalue weighted by Crippen LogP contribution is -2.21. The zero-order valence-corrected chi connectivity index (χ0v) is 20.2. The number of anilines is 2. The number of methoxy groups -OCH3 is 1. The molecule has 0 spiro atoms. The van der Waals surface area contributed by atoms with Gasteiger partial charge in [0.25, 0.3) is 7.37 Å². The van der Waals surface area contributed by atoms with E-state index in [4.69, 9.17) is 9.26 Å². The number of hydrogen-bond donors (Lipinski definition) is 1. The summed E-state index contributed by atoms with van der Waals surface area (Å²) in [6, 6.07) is 25.3. The highest BCUT2D eigenvalue weighted by atomic mass is 31.2. The average Bonchev–Trinajstić information content (AvgIpc) is 2.83. The third-order valence-corrected chi connectivity index (χ3v) is 8.05. The van der Waals surface area contributed by atoms with Crippen LogP contribution < -0.4 is 20.3 Å². The molecule has 0 saturated heterocycles. The van der Waals surface area contributed by atoms with Gasteiger partial charge in [-0.3, -0.25) is 4.57 Å². The summed E-state index contributed by atoms with van der Waals surface area (Å²) in [6.07, 6.45) is 1.82. The fourth-order valence-corrected chi connectivity index (χ4v) is 5.89. The quantitative estimate of drug-likeness (QED) is 0.274. The maximum atomic E-state index is 14.7. The van der Waals surface area contributed by atoms with Crippen molar-refractivity contribution >= 4 is 24.0 Å². The van der Waals surface area contributed by atoms with Crippen LogP contribution >= 0.6 is 7.37 Å². The fraction of sp³-hybridized carbons (Fsp3) is 0.308. The lowest BCUT2D eigenvalue weighted by molar-refractivity contribution is 0.308. The minimum atomic E-state index is -3.34. The minimum Gasteiger partial charge on any atom is -0.497 e. The van der Waals surface area contributed by atoms with E-state index in [1.165, 1.54) is 0 Å². The molecule has 0 saturated carbocycles. The summed E-state index contributed by atoms with van der Waals surface area (Å²) in [5.74, 6) is 0.210. The normalized spacial score (nSPS) is 13.8. The number of hydrogen-bond acceptors (Lipinski definition) is 5. The number of para-hydroxylation sites is 1. The van der Waals surface area contributed by atoms with Gasteiger partial charge in [0.15, 0.2) is 0 Å². The van der Waals surface area contributed by atoms with E-state index in [2.05, 4.69) is 12.2 Å². The standard InChI is InChI=1S/C26H33N2O3P/c1-5-6-20-31-32(29,25-18-14-23(15-19-25)28(2)3)26(27-22-10-8-7-9-11-22)21-12-16-24(30-4)17-13-21/h7-19,26-27H,5-6,20H2,1-4H3/t26-,32-/m0/s1. The van der Waals surface area contributed by atoms with E-state index < -0.39 is 13.2 Å². The van der Waals surface area contributed by atoms with Gasteiger partial charge in [-0.2, -0.15) is 0 Å². The molecule has 170 valence electrons. The van der Waals surface area contributed by atoms with Crippen LogP contribution in [-0.2, 0) is 9.09 Å². The van der Waals surface area contributed by atoms with E-state index in [0.29, 0.717) is 11.9 Å². The summed E-state index contributed by atoms with van der Waals surface area (Å²) in [4.78, 5) is 2.02. The van der Waals surface area contributed by atoms with Gasteiger partial charge in [0.05, 0.1) is 13.7 Å². The minimum absolute atomic E-state index is 0.437. The number of nitrogens with one attached hydrogen (secondary N) is 1. The molecular weight excluding hydrogens is 419 g/mol. The Morgan fingerprint density at radius 3 is 2.16 bits per heavy atom. The van der Waals surface area contributed by atoms with Crippen molar-refractivity contribution in [3.63, 3.8) is 0 Å². The molecular formula is C26H33N2O3P. The van der Waals surface area contributed by atoms with Crippen molar-refractivity contribution in [2.24, 2.45) is 0 Å². The summed E-state index contributed by atoms with van der Waals surface area (Å²) in [5, 5.41) is 4.19. The molecule has 32 heavy (non-hydrogen) atoms. The molecule has 2 atom stereocenters. The molecule has 6 heteroatoms. The number of rotatable bonds is 11. The zero-order chi connectivity index (χ0) is 23.0. The van der Waals surface area contributed by atoms with Crippen molar-refractivity contribution in [2.45, 2.75) is 25.5 Å². The van der Waals surface area contributed by atoms with Gasteiger partial charge in [0, 0.05) is 30.8 Å². The molecule has 0 bridgehead atoms. The monoisotopic (exact) mass is 452 g/mol. The first-order valence-electron chi connectivity index (χ1n) is 11.0. The van der Waals surface area contributed by atoms with Crippen LogP contribution in [0.3, 0.4) is 0 Å². The van der Waals surface area contributed by atoms with Crippen LogP contribution in [-0.4, -0.2) is 27.8 Å². The van der Waals surface area contributed by atoms with Crippen LogP contribution in [0.5, 0.6) is 5.75 Å². The molecule has 0 amide bonds. The highest BCUT2D eigenvalue weighted by Gasteiger charge is 2.38. The van der Waals surface area contributed by atoms with E-state index in [1.54, 1.807) is 7.11 Å². The van der Waals surface area contributed by atoms with E-state index in [9.17, 15) is 4.57 Å². The van der Waals surface area contributed by atoms with Crippen molar-refractivity contribution < 1.29 is 13.8 Å². The Bertz CT molecular complexity index is 1010. The topological polar surface area (TPSA) is 50.8 Å². The van der Waals surface area contributed by atoms with Gasteiger partial charge in [-0.25, -0.2) is 0 Å². The van der Waals surface area contributed by atoms with E-state index in [-0.39, 0.29) is 0 Å². The van der Waals surface area contributed by atoms with Crippen LogP contribution in [0.1, 0.15) is 31.1 Å². The SMILES string of the molecule is CCCCO[P@@](=O)(c1ccc(N(C)C)cc1)[C@H](Nc1ccccc1)c1ccc(OC)cc1. The summed E-state index contributed by atoms with van der Waals surface area (Å²) in [5.41, 5.74) is 2.81. The molecule has 3 rings (SSSR count). The molecule has 0 heterocycles. The predicted molar refractivity (Wildman–Crippen MR) is 135 cm³/mol. The average molecular weight is 453 g/mol. The van der Waals surface area contributed by atoms with E-state index in [0.717, 1.165) is 35.5 Å². The lowest BCUT2D eigenvalue weighted by Gasteiger charge is -2.30. The van der Waals surface area contributed by atoms with Gasteiger partial charge < -0.3 is 19.5 Å². The maximum Gasteiger partial charge on any atom is 0.258 e. The first-order chi connectivity index (χ1) is 15.5.